The van der Waals surface area contributed by atoms with Crippen LogP contribution >= 0.6 is 0 Å². The van der Waals surface area contributed by atoms with Gasteiger partial charge < -0.3 is 4.57 Å². The Morgan fingerprint density at radius 2 is 1.90 bits per heavy atom. The first-order valence-corrected chi connectivity index (χ1v) is 6.28. The first-order valence-electron chi connectivity index (χ1n) is 6.28. The number of hydrogen-bond donors (Lipinski definition) is 0. The minimum atomic E-state index is -0.144. The molecule has 0 aromatic carbocycles. The van der Waals surface area contributed by atoms with Crippen molar-refractivity contribution in [1.82, 2.24) is 14.0 Å². The molecule has 0 bridgehead atoms. The van der Waals surface area contributed by atoms with Gasteiger partial charge in [-0.1, -0.05) is 6.07 Å². The van der Waals surface area contributed by atoms with E-state index in [-0.39, 0.29) is 11.1 Å². The topological polar surface area (TPSA) is 56.4 Å². The highest BCUT2D eigenvalue weighted by atomic mass is 16.1. The zero-order valence-corrected chi connectivity index (χ0v) is 11.0. The zero-order valence-electron chi connectivity index (χ0n) is 11.0. The number of pyridine rings is 2. The molecule has 0 saturated heterocycles. The number of aryl methyl sites for hydroxylation is 1. The average molecular weight is 267 g/mol. The molecule has 5 nitrogen and oxygen atoms in total. The van der Waals surface area contributed by atoms with Crippen LogP contribution in [0.15, 0.2) is 58.4 Å². The smallest absolute Gasteiger partial charge is 0.258 e. The van der Waals surface area contributed by atoms with Crippen LogP contribution in [0.5, 0.6) is 0 Å². The van der Waals surface area contributed by atoms with Crippen LogP contribution in [0, 0.1) is 6.92 Å². The lowest BCUT2D eigenvalue weighted by Crippen LogP contribution is -2.21. The van der Waals surface area contributed by atoms with Crippen molar-refractivity contribution in [2.45, 2.75) is 13.5 Å². The third-order valence-electron chi connectivity index (χ3n) is 3.11. The van der Waals surface area contributed by atoms with Gasteiger partial charge in [0.25, 0.3) is 11.1 Å². The summed E-state index contributed by atoms with van der Waals surface area (Å²) in [6, 6.07) is 10.1. The van der Waals surface area contributed by atoms with Crippen LogP contribution in [0.2, 0.25) is 0 Å². The summed E-state index contributed by atoms with van der Waals surface area (Å²) in [5, 5.41) is 0. The Hall–Kier alpha value is -2.69. The van der Waals surface area contributed by atoms with Crippen molar-refractivity contribution in [3.63, 3.8) is 0 Å². The molecular weight excluding hydrogens is 254 g/mol. The van der Waals surface area contributed by atoms with E-state index in [9.17, 15) is 9.59 Å². The minimum absolute atomic E-state index is 0.112. The predicted molar refractivity (Wildman–Crippen MR) is 76.0 cm³/mol. The molecule has 5 heteroatoms. The van der Waals surface area contributed by atoms with Crippen molar-refractivity contribution in [2.75, 3.05) is 0 Å². The molecule has 0 radical (unpaired) electrons. The standard InChI is InChI=1S/C15H13N3O2/c1-11-5-7-18-13(8-11)16-12(9-15(18)20)10-17-6-3-2-4-14(17)19/h2-9H,10H2,1H3. The van der Waals surface area contributed by atoms with E-state index in [0.29, 0.717) is 17.9 Å². The summed E-state index contributed by atoms with van der Waals surface area (Å²) in [5.74, 6) is 0. The lowest BCUT2D eigenvalue weighted by atomic mass is 10.3. The molecule has 0 saturated carbocycles. The molecule has 0 atom stereocenters. The summed E-state index contributed by atoms with van der Waals surface area (Å²) in [5.41, 5.74) is 1.95. The van der Waals surface area contributed by atoms with Gasteiger partial charge in [0.15, 0.2) is 0 Å². The number of fused-ring (bicyclic) bond motifs is 1. The van der Waals surface area contributed by atoms with Crippen molar-refractivity contribution in [1.29, 1.82) is 0 Å². The van der Waals surface area contributed by atoms with Crippen LogP contribution < -0.4 is 11.1 Å². The first kappa shape index (κ1) is 12.3. The van der Waals surface area contributed by atoms with Crippen LogP contribution in [0.4, 0.5) is 0 Å². The van der Waals surface area contributed by atoms with Gasteiger partial charge in [0.2, 0.25) is 0 Å². The quantitative estimate of drug-likeness (QED) is 0.701. The second-order valence-electron chi connectivity index (χ2n) is 4.68. The molecule has 0 spiro atoms. The van der Waals surface area contributed by atoms with Crippen LogP contribution in [0.25, 0.3) is 5.65 Å². The predicted octanol–water partition coefficient (Wildman–Crippen LogP) is 1.21. The minimum Gasteiger partial charge on any atom is -0.310 e. The van der Waals surface area contributed by atoms with E-state index >= 15 is 0 Å². The van der Waals surface area contributed by atoms with Gasteiger partial charge in [-0.3, -0.25) is 14.0 Å². The molecular formula is C15H13N3O2. The molecule has 0 aliphatic heterocycles. The SMILES string of the molecule is Cc1ccn2c(=O)cc(Cn3ccccc3=O)nc2c1. The van der Waals surface area contributed by atoms with Crippen LogP contribution in [-0.4, -0.2) is 14.0 Å². The summed E-state index contributed by atoms with van der Waals surface area (Å²) in [6.07, 6.45) is 3.39. The van der Waals surface area contributed by atoms with E-state index in [4.69, 9.17) is 0 Å². The Morgan fingerprint density at radius 3 is 2.70 bits per heavy atom. The zero-order chi connectivity index (χ0) is 14.1. The number of nitrogens with zero attached hydrogens (tertiary/aromatic N) is 3. The average Bonchev–Trinajstić information content (AvgIpc) is 2.41. The van der Waals surface area contributed by atoms with Crippen LogP contribution in [0.3, 0.4) is 0 Å². The monoisotopic (exact) mass is 267 g/mol. The van der Waals surface area contributed by atoms with Crippen LogP contribution in [-0.2, 0) is 6.54 Å². The summed E-state index contributed by atoms with van der Waals surface area (Å²) in [7, 11) is 0. The van der Waals surface area contributed by atoms with Gasteiger partial charge in [-0.2, -0.15) is 0 Å². The number of rotatable bonds is 2. The molecule has 20 heavy (non-hydrogen) atoms. The molecule has 0 amide bonds. The Labute approximate surface area is 114 Å². The molecule has 0 N–H and O–H groups in total. The second-order valence-corrected chi connectivity index (χ2v) is 4.68. The number of hydrogen-bond acceptors (Lipinski definition) is 3. The summed E-state index contributed by atoms with van der Waals surface area (Å²) in [4.78, 5) is 28.1. The molecule has 100 valence electrons. The summed E-state index contributed by atoms with van der Waals surface area (Å²) >= 11 is 0. The first-order chi connectivity index (χ1) is 9.63. The normalized spacial score (nSPS) is 10.8. The van der Waals surface area contributed by atoms with Crippen molar-refractivity contribution in [2.24, 2.45) is 0 Å². The molecule has 3 rings (SSSR count). The highest BCUT2D eigenvalue weighted by molar-refractivity contribution is 5.41. The molecule has 3 heterocycles. The van der Waals surface area contributed by atoms with Gasteiger partial charge in [-0.25, -0.2) is 4.98 Å². The van der Waals surface area contributed by atoms with Gasteiger partial charge in [0.1, 0.15) is 5.65 Å². The van der Waals surface area contributed by atoms with Crippen LogP contribution in [0.1, 0.15) is 11.3 Å². The Balaban J connectivity index is 2.11. The summed E-state index contributed by atoms with van der Waals surface area (Å²) < 4.78 is 3.01. The third-order valence-corrected chi connectivity index (χ3v) is 3.11. The van der Waals surface area contributed by atoms with Gasteiger partial charge >= 0.3 is 0 Å². The van der Waals surface area contributed by atoms with Crippen molar-refractivity contribution < 1.29 is 0 Å². The van der Waals surface area contributed by atoms with E-state index in [0.717, 1.165) is 5.56 Å². The van der Waals surface area contributed by atoms with E-state index in [1.54, 1.807) is 24.5 Å². The molecule has 0 unspecified atom stereocenters. The Bertz CT molecular complexity index is 893. The van der Waals surface area contributed by atoms with E-state index in [1.807, 2.05) is 19.1 Å². The third kappa shape index (κ3) is 2.25. The van der Waals surface area contributed by atoms with Gasteiger partial charge in [-0.15, -0.1) is 0 Å². The van der Waals surface area contributed by atoms with Gasteiger partial charge in [0, 0.05) is 24.5 Å². The lowest BCUT2D eigenvalue weighted by Gasteiger charge is -2.06. The highest BCUT2D eigenvalue weighted by Gasteiger charge is 2.04. The summed E-state index contributed by atoms with van der Waals surface area (Å²) in [6.45, 7) is 2.24. The van der Waals surface area contributed by atoms with E-state index < -0.39 is 0 Å². The van der Waals surface area contributed by atoms with Crippen molar-refractivity contribution in [3.05, 3.63) is 80.8 Å². The van der Waals surface area contributed by atoms with Crippen molar-refractivity contribution >= 4 is 5.65 Å². The van der Waals surface area contributed by atoms with Gasteiger partial charge in [-0.05, 0) is 30.7 Å². The molecule has 3 aromatic heterocycles. The van der Waals surface area contributed by atoms with Crippen molar-refractivity contribution in [3.8, 4) is 0 Å². The van der Waals surface area contributed by atoms with E-state index in [2.05, 4.69) is 4.98 Å². The fraction of sp³-hybridized carbons (Fsp3) is 0.133. The fourth-order valence-electron chi connectivity index (χ4n) is 2.10. The van der Waals surface area contributed by atoms with E-state index in [1.165, 1.54) is 21.1 Å². The molecule has 0 aliphatic carbocycles. The molecule has 0 aliphatic rings. The Morgan fingerprint density at radius 1 is 1.05 bits per heavy atom. The largest absolute Gasteiger partial charge is 0.310 e. The maximum absolute atomic E-state index is 12.0. The fourth-order valence-corrected chi connectivity index (χ4v) is 2.10. The van der Waals surface area contributed by atoms with Gasteiger partial charge in [0.05, 0.1) is 12.2 Å². The molecule has 0 fully saturated rings. The maximum atomic E-state index is 12.0. The lowest BCUT2D eigenvalue weighted by molar-refractivity contribution is 0.736. The Kier molecular flexibility index (Phi) is 2.95. The highest BCUT2D eigenvalue weighted by Crippen LogP contribution is 2.03. The molecule has 3 aromatic rings. The maximum Gasteiger partial charge on any atom is 0.258 e. The second kappa shape index (κ2) is 4.77. The number of aromatic nitrogens is 3.